The van der Waals surface area contributed by atoms with Gasteiger partial charge in [-0.05, 0) is 64.1 Å². The number of hydrogen-bond donors (Lipinski definition) is 1. The summed E-state index contributed by atoms with van der Waals surface area (Å²) in [4.78, 5) is 2.83. The zero-order valence-electron chi connectivity index (χ0n) is 10.9. The van der Waals surface area contributed by atoms with Gasteiger partial charge in [0.25, 0.3) is 0 Å². The lowest BCUT2D eigenvalue weighted by Gasteiger charge is -2.40. The first-order valence-corrected chi connectivity index (χ1v) is 7.49. The Labute approximate surface area is 105 Å². The van der Waals surface area contributed by atoms with Gasteiger partial charge >= 0.3 is 0 Å². The SMILES string of the molecule is C1CNCC(C2CCCN2C2CCOCC2)C1. The molecule has 3 heteroatoms. The molecule has 0 aliphatic carbocycles. The second-order valence-electron chi connectivity index (χ2n) is 5.90. The topological polar surface area (TPSA) is 24.5 Å². The molecule has 3 heterocycles. The van der Waals surface area contributed by atoms with Crippen LogP contribution in [-0.4, -0.2) is 49.8 Å². The molecule has 0 aromatic carbocycles. The van der Waals surface area contributed by atoms with Gasteiger partial charge in [0.05, 0.1) is 0 Å². The molecule has 0 amide bonds. The Kier molecular flexibility index (Phi) is 3.99. The molecule has 3 aliphatic rings. The highest BCUT2D eigenvalue weighted by Gasteiger charge is 2.36. The van der Waals surface area contributed by atoms with Crippen LogP contribution in [0.1, 0.15) is 38.5 Å². The quantitative estimate of drug-likeness (QED) is 0.791. The van der Waals surface area contributed by atoms with E-state index in [-0.39, 0.29) is 0 Å². The first-order valence-electron chi connectivity index (χ1n) is 7.49. The van der Waals surface area contributed by atoms with Crippen LogP contribution in [-0.2, 0) is 4.74 Å². The molecule has 0 spiro atoms. The molecule has 3 saturated heterocycles. The number of nitrogens with zero attached hydrogens (tertiary/aromatic N) is 1. The number of piperidine rings is 1. The van der Waals surface area contributed by atoms with Crippen molar-refractivity contribution >= 4 is 0 Å². The maximum atomic E-state index is 5.50. The van der Waals surface area contributed by atoms with E-state index in [1.54, 1.807) is 0 Å². The zero-order chi connectivity index (χ0) is 11.5. The highest BCUT2D eigenvalue weighted by atomic mass is 16.5. The average molecular weight is 238 g/mol. The first kappa shape index (κ1) is 11.9. The van der Waals surface area contributed by atoms with Gasteiger partial charge in [-0.2, -0.15) is 0 Å². The van der Waals surface area contributed by atoms with Crippen molar-refractivity contribution in [2.24, 2.45) is 5.92 Å². The van der Waals surface area contributed by atoms with E-state index in [1.807, 2.05) is 0 Å². The molecule has 0 bridgehead atoms. The molecule has 3 rings (SSSR count). The molecule has 0 aromatic rings. The molecule has 3 nitrogen and oxygen atoms in total. The van der Waals surface area contributed by atoms with Crippen molar-refractivity contribution in [1.82, 2.24) is 10.2 Å². The summed E-state index contributed by atoms with van der Waals surface area (Å²) in [6.45, 7) is 5.80. The fourth-order valence-corrected chi connectivity index (χ4v) is 4.00. The molecule has 0 aromatic heterocycles. The Bertz CT molecular complexity index is 210. The van der Waals surface area contributed by atoms with Gasteiger partial charge in [0.1, 0.15) is 0 Å². The lowest BCUT2D eigenvalue weighted by molar-refractivity contribution is 0.0174. The van der Waals surface area contributed by atoms with Gasteiger partial charge in [0.15, 0.2) is 0 Å². The number of likely N-dealkylation sites (tertiary alicyclic amines) is 1. The van der Waals surface area contributed by atoms with Crippen LogP contribution in [0.4, 0.5) is 0 Å². The predicted molar refractivity (Wildman–Crippen MR) is 69.2 cm³/mol. The average Bonchev–Trinajstić information content (AvgIpc) is 2.90. The third kappa shape index (κ3) is 2.67. The number of rotatable bonds is 2. The van der Waals surface area contributed by atoms with E-state index < -0.39 is 0 Å². The minimum absolute atomic E-state index is 0.818. The van der Waals surface area contributed by atoms with Gasteiger partial charge in [0, 0.05) is 25.3 Å². The monoisotopic (exact) mass is 238 g/mol. The Morgan fingerprint density at radius 1 is 1.00 bits per heavy atom. The van der Waals surface area contributed by atoms with Crippen LogP contribution in [0.5, 0.6) is 0 Å². The Hall–Kier alpha value is -0.120. The summed E-state index contributed by atoms with van der Waals surface area (Å²) in [5.41, 5.74) is 0. The van der Waals surface area contributed by atoms with Crippen LogP contribution in [0.3, 0.4) is 0 Å². The van der Waals surface area contributed by atoms with E-state index >= 15 is 0 Å². The van der Waals surface area contributed by atoms with E-state index in [0.717, 1.165) is 31.2 Å². The second-order valence-corrected chi connectivity index (χ2v) is 5.90. The van der Waals surface area contributed by atoms with Crippen molar-refractivity contribution in [3.63, 3.8) is 0 Å². The summed E-state index contributed by atoms with van der Waals surface area (Å²) in [7, 11) is 0. The third-order valence-electron chi connectivity index (χ3n) is 4.88. The summed E-state index contributed by atoms with van der Waals surface area (Å²) in [6, 6.07) is 1.68. The van der Waals surface area contributed by atoms with E-state index in [1.165, 1.54) is 58.2 Å². The van der Waals surface area contributed by atoms with Crippen LogP contribution in [0.15, 0.2) is 0 Å². The molecule has 2 atom stereocenters. The molecule has 0 radical (unpaired) electrons. The maximum Gasteiger partial charge on any atom is 0.0480 e. The van der Waals surface area contributed by atoms with Crippen molar-refractivity contribution in [3.8, 4) is 0 Å². The minimum Gasteiger partial charge on any atom is -0.381 e. The van der Waals surface area contributed by atoms with Crippen molar-refractivity contribution in [3.05, 3.63) is 0 Å². The molecular weight excluding hydrogens is 212 g/mol. The van der Waals surface area contributed by atoms with Crippen LogP contribution in [0.25, 0.3) is 0 Å². The fourth-order valence-electron chi connectivity index (χ4n) is 4.00. The van der Waals surface area contributed by atoms with Crippen molar-refractivity contribution < 1.29 is 4.74 Å². The van der Waals surface area contributed by atoms with E-state index in [0.29, 0.717) is 0 Å². The minimum atomic E-state index is 0.818. The van der Waals surface area contributed by atoms with E-state index in [9.17, 15) is 0 Å². The van der Waals surface area contributed by atoms with Gasteiger partial charge in [-0.15, -0.1) is 0 Å². The normalized spacial score (nSPS) is 37.4. The molecule has 0 saturated carbocycles. The van der Waals surface area contributed by atoms with Crippen molar-refractivity contribution in [2.75, 3.05) is 32.8 Å². The first-order chi connectivity index (χ1) is 8.45. The molecule has 3 fully saturated rings. The predicted octanol–water partition coefficient (Wildman–Crippen LogP) is 1.63. The van der Waals surface area contributed by atoms with Gasteiger partial charge in [0.2, 0.25) is 0 Å². The second kappa shape index (κ2) is 5.68. The summed E-state index contributed by atoms with van der Waals surface area (Å²) >= 11 is 0. The van der Waals surface area contributed by atoms with Crippen molar-refractivity contribution in [1.29, 1.82) is 0 Å². The largest absolute Gasteiger partial charge is 0.381 e. The zero-order valence-corrected chi connectivity index (χ0v) is 10.9. The smallest absolute Gasteiger partial charge is 0.0480 e. The van der Waals surface area contributed by atoms with Crippen LogP contribution in [0, 0.1) is 5.92 Å². The molecule has 98 valence electrons. The van der Waals surface area contributed by atoms with Crippen LogP contribution in [0.2, 0.25) is 0 Å². The van der Waals surface area contributed by atoms with Gasteiger partial charge < -0.3 is 10.1 Å². The highest BCUT2D eigenvalue weighted by Crippen LogP contribution is 2.32. The standard InChI is InChI=1S/C14H26N2O/c1-3-12(11-15-7-1)14-4-2-8-16(14)13-5-9-17-10-6-13/h12-15H,1-11H2. The highest BCUT2D eigenvalue weighted by molar-refractivity contribution is 4.91. The molecule has 3 aliphatic heterocycles. The number of nitrogens with one attached hydrogen (secondary N) is 1. The lowest BCUT2D eigenvalue weighted by Crippen LogP contribution is -2.48. The fraction of sp³-hybridized carbons (Fsp3) is 1.00. The molecular formula is C14H26N2O. The van der Waals surface area contributed by atoms with Gasteiger partial charge in [-0.3, -0.25) is 4.90 Å². The van der Waals surface area contributed by atoms with Crippen molar-refractivity contribution in [2.45, 2.75) is 50.6 Å². The van der Waals surface area contributed by atoms with E-state index in [4.69, 9.17) is 4.74 Å². The van der Waals surface area contributed by atoms with Crippen LogP contribution >= 0.6 is 0 Å². The summed E-state index contributed by atoms with van der Waals surface area (Å²) < 4.78 is 5.50. The summed E-state index contributed by atoms with van der Waals surface area (Å²) in [5, 5.41) is 3.58. The van der Waals surface area contributed by atoms with E-state index in [2.05, 4.69) is 10.2 Å². The van der Waals surface area contributed by atoms with Gasteiger partial charge in [-0.25, -0.2) is 0 Å². The molecule has 17 heavy (non-hydrogen) atoms. The summed E-state index contributed by atoms with van der Waals surface area (Å²) in [6.07, 6.45) is 8.19. The van der Waals surface area contributed by atoms with Gasteiger partial charge in [-0.1, -0.05) is 0 Å². The number of ether oxygens (including phenoxy) is 1. The Balaban J connectivity index is 1.61. The third-order valence-corrected chi connectivity index (χ3v) is 4.88. The molecule has 2 unspecified atom stereocenters. The Morgan fingerprint density at radius 3 is 2.65 bits per heavy atom. The molecule has 1 N–H and O–H groups in total. The van der Waals surface area contributed by atoms with Crippen LogP contribution < -0.4 is 5.32 Å². The lowest BCUT2D eigenvalue weighted by atomic mass is 9.89. The number of hydrogen-bond acceptors (Lipinski definition) is 3. The summed E-state index contributed by atoms with van der Waals surface area (Å²) in [5.74, 6) is 0.911. The maximum absolute atomic E-state index is 5.50. The Morgan fingerprint density at radius 2 is 1.88 bits per heavy atom.